The average molecular weight is 349 g/mol. The smallest absolute Gasteiger partial charge is 0.328 e. The van der Waals surface area contributed by atoms with Gasteiger partial charge in [-0.3, -0.25) is 4.79 Å². The van der Waals surface area contributed by atoms with Crippen molar-refractivity contribution in [3.63, 3.8) is 0 Å². The molecule has 0 heterocycles. The maximum Gasteiger partial charge on any atom is 0.328 e. The quantitative estimate of drug-likeness (QED) is 0.851. The molecular formula is C13H15BrClNO3. The summed E-state index contributed by atoms with van der Waals surface area (Å²) in [5.74, 6) is -0.966. The predicted octanol–water partition coefficient (Wildman–Crippen LogP) is 3.03. The van der Waals surface area contributed by atoms with Crippen molar-refractivity contribution in [3.8, 4) is 0 Å². The normalized spacial score (nSPS) is 12.1. The fourth-order valence-corrected chi connectivity index (χ4v) is 2.10. The van der Waals surface area contributed by atoms with E-state index in [2.05, 4.69) is 26.0 Å². The highest BCUT2D eigenvalue weighted by molar-refractivity contribution is 9.10. The summed E-state index contributed by atoms with van der Waals surface area (Å²) in [6, 6.07) is 4.33. The van der Waals surface area contributed by atoms with Crippen LogP contribution in [0.5, 0.6) is 0 Å². The third kappa shape index (κ3) is 3.94. The standard InChI is InChI=1S/C13H15BrClNO3/c1-7(2)11(13(18)19-3)16-12(17)8-5-4-6-9(14)10(8)15/h4-7,11H,1-3H3,(H,16,17)/t11-/m1/s1. The minimum absolute atomic E-state index is 0.0812. The van der Waals surface area contributed by atoms with Crippen LogP contribution in [0.3, 0.4) is 0 Å². The summed E-state index contributed by atoms with van der Waals surface area (Å²) in [6.07, 6.45) is 0. The fraction of sp³-hybridized carbons (Fsp3) is 0.385. The van der Waals surface area contributed by atoms with Crippen molar-refractivity contribution in [2.45, 2.75) is 19.9 Å². The van der Waals surface area contributed by atoms with Crippen LogP contribution >= 0.6 is 27.5 Å². The number of halogens is 2. The van der Waals surface area contributed by atoms with Crippen LogP contribution in [0.2, 0.25) is 5.02 Å². The van der Waals surface area contributed by atoms with Crippen molar-refractivity contribution in [3.05, 3.63) is 33.3 Å². The molecule has 0 aliphatic carbocycles. The Bertz CT molecular complexity index is 491. The molecule has 104 valence electrons. The molecule has 19 heavy (non-hydrogen) atoms. The number of ether oxygens (including phenoxy) is 1. The van der Waals surface area contributed by atoms with Crippen LogP contribution < -0.4 is 5.32 Å². The molecule has 1 aromatic rings. The molecule has 0 aliphatic heterocycles. The van der Waals surface area contributed by atoms with Crippen molar-refractivity contribution < 1.29 is 14.3 Å². The summed E-state index contributed by atoms with van der Waals surface area (Å²) in [7, 11) is 1.29. The van der Waals surface area contributed by atoms with Gasteiger partial charge in [-0.2, -0.15) is 0 Å². The molecule has 1 rings (SSSR count). The molecule has 0 aliphatic rings. The zero-order valence-corrected chi connectivity index (χ0v) is 13.2. The lowest BCUT2D eigenvalue weighted by Crippen LogP contribution is -2.45. The van der Waals surface area contributed by atoms with E-state index >= 15 is 0 Å². The third-order valence-corrected chi connectivity index (χ3v) is 3.90. The number of carbonyl (C=O) groups is 2. The van der Waals surface area contributed by atoms with Crippen molar-refractivity contribution in [1.82, 2.24) is 5.32 Å². The molecule has 6 heteroatoms. The van der Waals surface area contributed by atoms with E-state index in [1.807, 2.05) is 13.8 Å². The van der Waals surface area contributed by atoms with Crippen LogP contribution in [-0.2, 0) is 9.53 Å². The first-order chi connectivity index (χ1) is 8.88. The summed E-state index contributed by atoms with van der Waals surface area (Å²) < 4.78 is 5.29. The van der Waals surface area contributed by atoms with Gasteiger partial charge in [-0.05, 0) is 34.0 Å². The number of methoxy groups -OCH3 is 1. The summed E-state index contributed by atoms with van der Waals surface area (Å²) >= 11 is 9.29. The molecule has 0 aromatic heterocycles. The summed E-state index contributed by atoms with van der Waals surface area (Å²) in [6.45, 7) is 3.65. The number of nitrogens with one attached hydrogen (secondary N) is 1. The van der Waals surface area contributed by atoms with Gasteiger partial charge in [0, 0.05) is 4.47 Å². The van der Waals surface area contributed by atoms with Crippen molar-refractivity contribution >= 4 is 39.4 Å². The predicted molar refractivity (Wildman–Crippen MR) is 77.3 cm³/mol. The van der Waals surface area contributed by atoms with E-state index in [0.29, 0.717) is 15.1 Å². The van der Waals surface area contributed by atoms with E-state index in [4.69, 9.17) is 11.6 Å². The molecule has 0 bridgehead atoms. The van der Waals surface area contributed by atoms with Gasteiger partial charge in [0.25, 0.3) is 5.91 Å². The van der Waals surface area contributed by atoms with Crippen LogP contribution in [0.1, 0.15) is 24.2 Å². The first-order valence-electron chi connectivity index (χ1n) is 5.71. The van der Waals surface area contributed by atoms with Gasteiger partial charge in [-0.1, -0.05) is 31.5 Å². The van der Waals surface area contributed by atoms with Gasteiger partial charge in [-0.25, -0.2) is 4.79 Å². The Morgan fingerprint density at radius 2 is 2.00 bits per heavy atom. The maximum atomic E-state index is 12.1. The number of hydrogen-bond donors (Lipinski definition) is 1. The second-order valence-electron chi connectivity index (χ2n) is 4.32. The lowest BCUT2D eigenvalue weighted by molar-refractivity contribution is -0.144. The second kappa shape index (κ2) is 6.91. The number of carbonyl (C=O) groups excluding carboxylic acids is 2. The molecule has 0 radical (unpaired) electrons. The molecule has 4 nitrogen and oxygen atoms in total. The van der Waals surface area contributed by atoms with E-state index in [1.54, 1.807) is 18.2 Å². The minimum Gasteiger partial charge on any atom is -0.467 e. The highest BCUT2D eigenvalue weighted by Crippen LogP contribution is 2.26. The van der Waals surface area contributed by atoms with E-state index in [1.165, 1.54) is 7.11 Å². The van der Waals surface area contributed by atoms with Crippen LogP contribution in [0.25, 0.3) is 0 Å². The molecule has 1 atom stereocenters. The van der Waals surface area contributed by atoms with E-state index in [9.17, 15) is 9.59 Å². The van der Waals surface area contributed by atoms with Gasteiger partial charge in [-0.15, -0.1) is 0 Å². The second-order valence-corrected chi connectivity index (χ2v) is 5.55. The number of benzene rings is 1. The molecule has 0 saturated heterocycles. The molecule has 1 amide bonds. The summed E-state index contributed by atoms with van der Waals surface area (Å²) in [4.78, 5) is 23.7. The molecule has 0 spiro atoms. The number of rotatable bonds is 4. The molecule has 0 unspecified atom stereocenters. The Labute approximate surface area is 125 Å². The highest BCUT2D eigenvalue weighted by Gasteiger charge is 2.26. The molecule has 1 aromatic carbocycles. The van der Waals surface area contributed by atoms with Gasteiger partial charge >= 0.3 is 5.97 Å². The molecule has 0 fully saturated rings. The van der Waals surface area contributed by atoms with Gasteiger partial charge < -0.3 is 10.1 Å². The van der Waals surface area contributed by atoms with Crippen molar-refractivity contribution in [2.75, 3.05) is 7.11 Å². The van der Waals surface area contributed by atoms with Gasteiger partial charge in [0.05, 0.1) is 17.7 Å². The summed E-state index contributed by atoms with van der Waals surface area (Å²) in [5, 5.41) is 2.95. The monoisotopic (exact) mass is 347 g/mol. The first kappa shape index (κ1) is 16.0. The Morgan fingerprint density at radius 3 is 2.53 bits per heavy atom. The van der Waals surface area contributed by atoms with E-state index in [0.717, 1.165) is 0 Å². The van der Waals surface area contributed by atoms with Crippen molar-refractivity contribution in [1.29, 1.82) is 0 Å². The van der Waals surface area contributed by atoms with Gasteiger partial charge in [0.15, 0.2) is 0 Å². The van der Waals surface area contributed by atoms with Crippen LogP contribution in [0.4, 0.5) is 0 Å². The van der Waals surface area contributed by atoms with E-state index in [-0.39, 0.29) is 5.92 Å². The average Bonchev–Trinajstić information content (AvgIpc) is 2.37. The van der Waals surface area contributed by atoms with Gasteiger partial charge in [0.2, 0.25) is 0 Å². The Kier molecular flexibility index (Phi) is 5.82. The topological polar surface area (TPSA) is 55.4 Å². The Morgan fingerprint density at radius 1 is 1.37 bits per heavy atom. The zero-order valence-electron chi connectivity index (χ0n) is 10.9. The lowest BCUT2D eigenvalue weighted by Gasteiger charge is -2.20. The first-order valence-corrected chi connectivity index (χ1v) is 6.88. The Balaban J connectivity index is 2.94. The number of amides is 1. The lowest BCUT2D eigenvalue weighted by atomic mass is 10.0. The van der Waals surface area contributed by atoms with Gasteiger partial charge in [0.1, 0.15) is 6.04 Å². The fourth-order valence-electron chi connectivity index (χ4n) is 1.52. The number of hydrogen-bond acceptors (Lipinski definition) is 3. The Hall–Kier alpha value is -1.07. The maximum absolute atomic E-state index is 12.1. The van der Waals surface area contributed by atoms with Crippen LogP contribution in [0, 0.1) is 5.92 Å². The zero-order chi connectivity index (χ0) is 14.6. The van der Waals surface area contributed by atoms with Crippen molar-refractivity contribution in [2.24, 2.45) is 5.92 Å². The largest absolute Gasteiger partial charge is 0.467 e. The molecule has 1 N–H and O–H groups in total. The van der Waals surface area contributed by atoms with Crippen LogP contribution in [-0.4, -0.2) is 25.0 Å². The number of esters is 1. The summed E-state index contributed by atoms with van der Waals surface area (Å²) in [5.41, 5.74) is 0.311. The molecule has 0 saturated carbocycles. The van der Waals surface area contributed by atoms with Crippen LogP contribution in [0.15, 0.2) is 22.7 Å². The highest BCUT2D eigenvalue weighted by atomic mass is 79.9. The SMILES string of the molecule is COC(=O)[C@H](NC(=O)c1cccc(Br)c1Cl)C(C)C. The minimum atomic E-state index is -0.701. The molecular weight excluding hydrogens is 334 g/mol. The van der Waals surface area contributed by atoms with E-state index < -0.39 is 17.9 Å². The third-order valence-electron chi connectivity index (χ3n) is 2.60.